The Balaban J connectivity index is 1.93. The number of rotatable bonds is 8. The van der Waals surface area contributed by atoms with Crippen LogP contribution in [0.25, 0.3) is 0 Å². The zero-order valence-corrected chi connectivity index (χ0v) is 15.9. The summed E-state index contributed by atoms with van der Waals surface area (Å²) in [4.78, 5) is 13.8. The summed E-state index contributed by atoms with van der Waals surface area (Å²) >= 11 is 0. The Labute approximate surface area is 150 Å². The fourth-order valence-corrected chi connectivity index (χ4v) is 4.30. The number of ether oxygens (including phenoxy) is 1. The third kappa shape index (κ3) is 5.52. The van der Waals surface area contributed by atoms with Gasteiger partial charge in [-0.05, 0) is 37.5 Å². The highest BCUT2D eigenvalue weighted by molar-refractivity contribution is 7.89. The van der Waals surface area contributed by atoms with Gasteiger partial charge in [0.25, 0.3) is 0 Å². The van der Waals surface area contributed by atoms with Gasteiger partial charge in [-0.25, -0.2) is 8.42 Å². The summed E-state index contributed by atoms with van der Waals surface area (Å²) in [5.41, 5.74) is 1.17. The molecule has 0 bridgehead atoms. The summed E-state index contributed by atoms with van der Waals surface area (Å²) in [6.07, 6.45) is 3.20. The van der Waals surface area contributed by atoms with Gasteiger partial charge < -0.3 is 4.74 Å². The molecule has 0 aliphatic carbocycles. The molecule has 1 aromatic rings. The van der Waals surface area contributed by atoms with Crippen molar-refractivity contribution in [2.75, 3.05) is 39.3 Å². The second kappa shape index (κ2) is 9.31. The second-order valence-corrected chi connectivity index (χ2v) is 8.17. The normalized spacial score (nSPS) is 16.7. The van der Waals surface area contributed by atoms with Crippen molar-refractivity contribution in [3.63, 3.8) is 0 Å². The molecule has 1 aromatic carbocycles. The van der Waals surface area contributed by atoms with Crippen molar-refractivity contribution in [2.24, 2.45) is 0 Å². The van der Waals surface area contributed by atoms with Gasteiger partial charge in [-0.1, -0.05) is 25.5 Å². The number of aryl methyl sites for hydroxylation is 1. The monoisotopic (exact) mass is 368 g/mol. The quantitative estimate of drug-likeness (QED) is 0.656. The number of nitrogens with zero attached hydrogens (tertiary/aromatic N) is 2. The van der Waals surface area contributed by atoms with Gasteiger partial charge in [-0.3, -0.25) is 9.69 Å². The maximum Gasteiger partial charge on any atom is 0.320 e. The molecule has 0 unspecified atom stereocenters. The van der Waals surface area contributed by atoms with Crippen molar-refractivity contribution in [1.29, 1.82) is 0 Å². The van der Waals surface area contributed by atoms with Crippen LogP contribution in [0.3, 0.4) is 0 Å². The van der Waals surface area contributed by atoms with Gasteiger partial charge >= 0.3 is 5.97 Å². The first-order chi connectivity index (χ1) is 12.0. The maximum atomic E-state index is 12.8. The fourth-order valence-electron chi connectivity index (χ4n) is 2.88. The zero-order valence-electron chi connectivity index (χ0n) is 15.1. The van der Waals surface area contributed by atoms with Crippen LogP contribution in [0, 0.1) is 0 Å². The van der Waals surface area contributed by atoms with E-state index in [-0.39, 0.29) is 12.5 Å². The molecule has 0 amide bonds. The van der Waals surface area contributed by atoms with Gasteiger partial charge in [0, 0.05) is 26.2 Å². The topological polar surface area (TPSA) is 66.9 Å². The molecule has 0 atom stereocenters. The van der Waals surface area contributed by atoms with Crippen molar-refractivity contribution in [3.8, 4) is 0 Å². The van der Waals surface area contributed by atoms with Gasteiger partial charge in [0.15, 0.2) is 0 Å². The van der Waals surface area contributed by atoms with E-state index in [1.807, 2.05) is 17.0 Å². The Morgan fingerprint density at radius 1 is 1.08 bits per heavy atom. The van der Waals surface area contributed by atoms with E-state index in [4.69, 9.17) is 4.74 Å². The molecule has 1 fully saturated rings. The van der Waals surface area contributed by atoms with Crippen LogP contribution in [0.1, 0.15) is 32.3 Å². The van der Waals surface area contributed by atoms with Crippen molar-refractivity contribution in [2.45, 2.75) is 38.0 Å². The molecule has 0 radical (unpaired) electrons. The maximum absolute atomic E-state index is 12.8. The summed E-state index contributed by atoms with van der Waals surface area (Å²) in [5, 5.41) is 0. The fraction of sp³-hybridized carbons (Fsp3) is 0.611. The number of benzene rings is 1. The highest BCUT2D eigenvalue weighted by Gasteiger charge is 2.29. The number of piperazine rings is 1. The Bertz CT molecular complexity index is 650. The second-order valence-electron chi connectivity index (χ2n) is 6.23. The lowest BCUT2D eigenvalue weighted by molar-refractivity contribution is -0.144. The summed E-state index contributed by atoms with van der Waals surface area (Å²) in [7, 11) is -3.47. The molecule has 1 heterocycles. The minimum absolute atomic E-state index is 0.216. The Hall–Kier alpha value is -1.44. The smallest absolute Gasteiger partial charge is 0.320 e. The third-order valence-corrected chi connectivity index (χ3v) is 6.28. The molecule has 2 rings (SSSR count). The van der Waals surface area contributed by atoms with E-state index in [0.717, 1.165) is 19.3 Å². The Morgan fingerprint density at radius 2 is 1.72 bits per heavy atom. The van der Waals surface area contributed by atoms with Crippen molar-refractivity contribution in [3.05, 3.63) is 29.8 Å². The summed E-state index contributed by atoms with van der Waals surface area (Å²) in [5.74, 6) is -0.263. The molecule has 1 saturated heterocycles. The van der Waals surface area contributed by atoms with E-state index in [2.05, 4.69) is 6.92 Å². The third-order valence-electron chi connectivity index (χ3n) is 4.37. The lowest BCUT2D eigenvalue weighted by Gasteiger charge is -2.33. The van der Waals surface area contributed by atoms with Crippen LogP contribution >= 0.6 is 0 Å². The molecule has 0 N–H and O–H groups in total. The molecular weight excluding hydrogens is 340 g/mol. The predicted molar refractivity (Wildman–Crippen MR) is 96.9 cm³/mol. The molecular formula is C18H28N2O4S. The molecule has 1 aliphatic heterocycles. The number of carbonyl (C=O) groups is 1. The van der Waals surface area contributed by atoms with E-state index < -0.39 is 10.0 Å². The standard InChI is InChI=1S/C18H28N2O4S/c1-3-5-6-16-7-9-17(10-8-16)25(22,23)20-13-11-19(12-14-20)15-18(21)24-4-2/h7-10H,3-6,11-15H2,1-2H3. The number of hydrogen-bond donors (Lipinski definition) is 0. The van der Waals surface area contributed by atoms with E-state index in [1.54, 1.807) is 19.1 Å². The van der Waals surface area contributed by atoms with Crippen LogP contribution in [-0.4, -0.2) is 62.9 Å². The Kier molecular flexibility index (Phi) is 7.40. The van der Waals surface area contributed by atoms with E-state index in [1.165, 1.54) is 9.87 Å². The molecule has 0 spiro atoms. The van der Waals surface area contributed by atoms with Gasteiger partial charge in [0.05, 0.1) is 18.0 Å². The average Bonchev–Trinajstić information content (AvgIpc) is 2.61. The summed E-state index contributed by atoms with van der Waals surface area (Å²) in [6.45, 7) is 6.34. The van der Waals surface area contributed by atoms with E-state index >= 15 is 0 Å². The number of sulfonamides is 1. The number of esters is 1. The summed E-state index contributed by atoms with van der Waals surface area (Å²) < 4.78 is 31.9. The highest BCUT2D eigenvalue weighted by atomic mass is 32.2. The van der Waals surface area contributed by atoms with Crippen LogP contribution in [0.15, 0.2) is 29.2 Å². The lowest BCUT2D eigenvalue weighted by atomic mass is 10.1. The first kappa shape index (κ1) is 19.9. The molecule has 1 aliphatic rings. The van der Waals surface area contributed by atoms with Crippen LogP contribution in [0.4, 0.5) is 0 Å². The molecule has 25 heavy (non-hydrogen) atoms. The van der Waals surface area contributed by atoms with E-state index in [0.29, 0.717) is 37.7 Å². The van der Waals surface area contributed by atoms with Gasteiger partial charge in [-0.2, -0.15) is 4.31 Å². The van der Waals surface area contributed by atoms with Crippen molar-refractivity contribution < 1.29 is 17.9 Å². The van der Waals surface area contributed by atoms with Crippen LogP contribution in [0.2, 0.25) is 0 Å². The van der Waals surface area contributed by atoms with E-state index in [9.17, 15) is 13.2 Å². The van der Waals surface area contributed by atoms with Gasteiger partial charge in [0.1, 0.15) is 0 Å². The zero-order chi connectivity index (χ0) is 18.3. The number of hydrogen-bond acceptors (Lipinski definition) is 5. The van der Waals surface area contributed by atoms with Gasteiger partial charge in [0.2, 0.25) is 10.0 Å². The summed E-state index contributed by atoms with van der Waals surface area (Å²) in [6, 6.07) is 7.20. The first-order valence-corrected chi connectivity index (χ1v) is 10.4. The molecule has 0 aromatic heterocycles. The van der Waals surface area contributed by atoms with Crippen LogP contribution in [0.5, 0.6) is 0 Å². The molecule has 7 heteroatoms. The van der Waals surface area contributed by atoms with Gasteiger partial charge in [-0.15, -0.1) is 0 Å². The molecule has 0 saturated carbocycles. The molecule has 140 valence electrons. The predicted octanol–water partition coefficient (Wildman–Crippen LogP) is 1.90. The lowest BCUT2D eigenvalue weighted by Crippen LogP contribution is -2.49. The van der Waals surface area contributed by atoms with Crippen LogP contribution < -0.4 is 0 Å². The average molecular weight is 368 g/mol. The minimum Gasteiger partial charge on any atom is -0.465 e. The number of carbonyl (C=O) groups excluding carboxylic acids is 1. The SMILES string of the molecule is CCCCc1ccc(S(=O)(=O)N2CCN(CC(=O)OCC)CC2)cc1. The Morgan fingerprint density at radius 3 is 2.28 bits per heavy atom. The highest BCUT2D eigenvalue weighted by Crippen LogP contribution is 2.19. The minimum atomic E-state index is -3.47. The molecule has 6 nitrogen and oxygen atoms in total. The van der Waals surface area contributed by atoms with Crippen molar-refractivity contribution >= 4 is 16.0 Å². The number of unbranched alkanes of at least 4 members (excludes halogenated alkanes) is 1. The first-order valence-electron chi connectivity index (χ1n) is 8.94. The van der Waals surface area contributed by atoms with Crippen molar-refractivity contribution in [1.82, 2.24) is 9.21 Å². The largest absolute Gasteiger partial charge is 0.465 e. The van der Waals surface area contributed by atoms with Crippen LogP contribution in [-0.2, 0) is 26.0 Å².